The molecule has 0 atom stereocenters. The number of rotatable bonds is 5. The highest BCUT2D eigenvalue weighted by Gasteiger charge is 2.06. The number of furan rings is 1. The maximum atomic E-state index is 11.9. The fourth-order valence-electron chi connectivity index (χ4n) is 1.74. The van der Waals surface area contributed by atoms with Gasteiger partial charge in [-0.1, -0.05) is 22.0 Å². The molecule has 3 rings (SSSR count). The molecule has 0 aliphatic rings. The van der Waals surface area contributed by atoms with Gasteiger partial charge in [0.2, 0.25) is 0 Å². The maximum Gasteiger partial charge on any atom is 0.271 e. The Morgan fingerprint density at radius 2 is 2.04 bits per heavy atom. The van der Waals surface area contributed by atoms with Gasteiger partial charge < -0.3 is 4.42 Å². The molecular formula is C16H11BrN4O2S. The first-order valence-electron chi connectivity index (χ1n) is 6.84. The van der Waals surface area contributed by atoms with E-state index in [1.165, 1.54) is 18.0 Å². The second kappa shape index (κ2) is 7.89. The van der Waals surface area contributed by atoms with Crippen LogP contribution in [0.3, 0.4) is 0 Å². The quantitative estimate of drug-likeness (QED) is 0.399. The van der Waals surface area contributed by atoms with Crippen molar-refractivity contribution >= 4 is 39.8 Å². The third-order valence-corrected chi connectivity index (χ3v) is 4.09. The minimum atomic E-state index is -0.300. The van der Waals surface area contributed by atoms with E-state index < -0.39 is 0 Å². The van der Waals surface area contributed by atoms with Crippen molar-refractivity contribution in [2.45, 2.75) is 10.2 Å². The lowest BCUT2D eigenvalue weighted by Crippen LogP contribution is -2.17. The highest BCUT2D eigenvalue weighted by Crippen LogP contribution is 2.25. The van der Waals surface area contributed by atoms with Crippen molar-refractivity contribution < 1.29 is 9.21 Å². The molecular weight excluding hydrogens is 392 g/mol. The first-order chi connectivity index (χ1) is 11.7. The summed E-state index contributed by atoms with van der Waals surface area (Å²) >= 11 is 4.62. The number of nitrogens with one attached hydrogen (secondary N) is 1. The summed E-state index contributed by atoms with van der Waals surface area (Å²) in [5.74, 6) is 0.217. The van der Waals surface area contributed by atoms with Gasteiger partial charge >= 0.3 is 0 Å². The van der Waals surface area contributed by atoms with Gasteiger partial charge in [-0.2, -0.15) is 5.10 Å². The molecule has 0 aliphatic carbocycles. The summed E-state index contributed by atoms with van der Waals surface area (Å²) in [5.41, 5.74) is 2.96. The summed E-state index contributed by atoms with van der Waals surface area (Å²) in [5, 5.41) is 5.13. The number of benzene rings is 1. The fraction of sp³-hybridized carbons (Fsp3) is 0. The van der Waals surface area contributed by atoms with Gasteiger partial charge in [-0.3, -0.25) is 4.79 Å². The van der Waals surface area contributed by atoms with Crippen LogP contribution in [0, 0.1) is 0 Å². The standard InChI is InChI=1S/C16H11BrN4O2S/c17-12-4-1-3-11(9-12)15(22)21-20-10-13-5-6-14(23-13)24-16-18-7-2-8-19-16/h1-10H,(H,21,22)/b20-10+. The predicted molar refractivity (Wildman–Crippen MR) is 94.1 cm³/mol. The van der Waals surface area contributed by atoms with E-state index in [1.54, 1.807) is 48.8 Å². The number of hydrazone groups is 1. The molecule has 1 aromatic carbocycles. The Balaban J connectivity index is 1.58. The van der Waals surface area contributed by atoms with Crippen molar-refractivity contribution in [1.82, 2.24) is 15.4 Å². The average Bonchev–Trinajstić information content (AvgIpc) is 3.03. The number of hydrogen-bond donors (Lipinski definition) is 1. The van der Waals surface area contributed by atoms with Gasteiger partial charge in [0.15, 0.2) is 10.2 Å². The first-order valence-corrected chi connectivity index (χ1v) is 8.45. The smallest absolute Gasteiger partial charge is 0.271 e. The van der Waals surface area contributed by atoms with Crippen LogP contribution in [-0.4, -0.2) is 22.1 Å². The third-order valence-electron chi connectivity index (χ3n) is 2.78. The van der Waals surface area contributed by atoms with Crippen LogP contribution < -0.4 is 5.43 Å². The Hall–Kier alpha value is -2.45. The van der Waals surface area contributed by atoms with Crippen molar-refractivity contribution in [2.24, 2.45) is 5.10 Å². The molecule has 0 saturated carbocycles. The topological polar surface area (TPSA) is 80.4 Å². The molecule has 120 valence electrons. The first kappa shape index (κ1) is 16.4. The molecule has 0 fully saturated rings. The molecule has 0 bridgehead atoms. The molecule has 0 unspecified atom stereocenters. The Labute approximate surface area is 150 Å². The summed E-state index contributed by atoms with van der Waals surface area (Å²) in [6, 6.07) is 12.3. The molecule has 2 aromatic heterocycles. The predicted octanol–water partition coefficient (Wildman–Crippen LogP) is 3.75. The summed E-state index contributed by atoms with van der Waals surface area (Å²) in [6.45, 7) is 0. The van der Waals surface area contributed by atoms with Crippen molar-refractivity contribution in [3.63, 3.8) is 0 Å². The number of amides is 1. The average molecular weight is 403 g/mol. The highest BCUT2D eigenvalue weighted by atomic mass is 79.9. The van der Waals surface area contributed by atoms with E-state index in [0.29, 0.717) is 21.6 Å². The monoisotopic (exact) mass is 402 g/mol. The number of aromatic nitrogens is 2. The van der Waals surface area contributed by atoms with Crippen LogP contribution in [0.2, 0.25) is 0 Å². The fourth-order valence-corrected chi connectivity index (χ4v) is 2.82. The minimum Gasteiger partial charge on any atom is -0.448 e. The van der Waals surface area contributed by atoms with Crippen molar-refractivity contribution in [3.05, 3.63) is 70.7 Å². The van der Waals surface area contributed by atoms with Crippen LogP contribution in [-0.2, 0) is 0 Å². The third kappa shape index (κ3) is 4.53. The number of nitrogens with zero attached hydrogens (tertiary/aromatic N) is 3. The van der Waals surface area contributed by atoms with E-state index in [-0.39, 0.29) is 5.91 Å². The molecule has 0 saturated heterocycles. The summed E-state index contributed by atoms with van der Waals surface area (Å²) in [7, 11) is 0. The number of carbonyl (C=O) groups is 1. The van der Waals surface area contributed by atoms with Crippen LogP contribution >= 0.6 is 27.7 Å². The molecule has 1 amide bonds. The van der Waals surface area contributed by atoms with E-state index in [0.717, 1.165) is 4.47 Å². The van der Waals surface area contributed by atoms with Crippen LogP contribution in [0.25, 0.3) is 0 Å². The zero-order valence-electron chi connectivity index (χ0n) is 12.2. The SMILES string of the molecule is O=C(N/N=C/c1ccc(Sc2ncccn2)o1)c1cccc(Br)c1. The molecule has 24 heavy (non-hydrogen) atoms. The Bertz CT molecular complexity index is 867. The van der Waals surface area contributed by atoms with Gasteiger partial charge in [0.05, 0.1) is 6.21 Å². The van der Waals surface area contributed by atoms with Gasteiger partial charge in [-0.25, -0.2) is 15.4 Å². The zero-order chi connectivity index (χ0) is 16.8. The Kier molecular flexibility index (Phi) is 5.39. The highest BCUT2D eigenvalue weighted by molar-refractivity contribution is 9.10. The van der Waals surface area contributed by atoms with Gasteiger partial charge in [0, 0.05) is 22.4 Å². The van der Waals surface area contributed by atoms with E-state index >= 15 is 0 Å². The van der Waals surface area contributed by atoms with Crippen molar-refractivity contribution in [2.75, 3.05) is 0 Å². The second-order valence-corrected chi connectivity index (χ2v) is 6.39. The maximum absolute atomic E-state index is 11.9. The van der Waals surface area contributed by atoms with Gasteiger partial charge in [0.25, 0.3) is 5.91 Å². The van der Waals surface area contributed by atoms with Crippen LogP contribution in [0.5, 0.6) is 0 Å². The van der Waals surface area contributed by atoms with Crippen LogP contribution in [0.15, 0.2) is 79.1 Å². The van der Waals surface area contributed by atoms with E-state index in [2.05, 4.69) is 36.4 Å². The Morgan fingerprint density at radius 1 is 1.21 bits per heavy atom. The summed E-state index contributed by atoms with van der Waals surface area (Å²) in [4.78, 5) is 20.1. The van der Waals surface area contributed by atoms with E-state index in [9.17, 15) is 4.79 Å². The minimum absolute atomic E-state index is 0.300. The largest absolute Gasteiger partial charge is 0.448 e. The van der Waals surface area contributed by atoms with E-state index in [4.69, 9.17) is 4.42 Å². The Morgan fingerprint density at radius 3 is 2.83 bits per heavy atom. The molecule has 1 N–H and O–H groups in total. The van der Waals surface area contributed by atoms with Gasteiger partial charge in [-0.05, 0) is 48.2 Å². The molecule has 0 radical (unpaired) electrons. The van der Waals surface area contributed by atoms with Crippen molar-refractivity contribution in [1.29, 1.82) is 0 Å². The molecule has 2 heterocycles. The van der Waals surface area contributed by atoms with Crippen LogP contribution in [0.1, 0.15) is 16.1 Å². The number of hydrogen-bond acceptors (Lipinski definition) is 6. The number of carbonyl (C=O) groups excluding carboxylic acids is 1. The summed E-state index contributed by atoms with van der Waals surface area (Å²) < 4.78 is 6.40. The van der Waals surface area contributed by atoms with Crippen LogP contribution in [0.4, 0.5) is 0 Å². The van der Waals surface area contributed by atoms with Gasteiger partial charge in [-0.15, -0.1) is 0 Å². The van der Waals surface area contributed by atoms with Gasteiger partial charge in [0.1, 0.15) is 5.76 Å². The second-order valence-electron chi connectivity index (χ2n) is 4.50. The molecule has 0 aliphatic heterocycles. The summed E-state index contributed by atoms with van der Waals surface area (Å²) in [6.07, 6.45) is 4.77. The molecule has 0 spiro atoms. The number of halogens is 1. The lowest BCUT2D eigenvalue weighted by Gasteiger charge is -1.99. The molecule has 6 nitrogen and oxygen atoms in total. The lowest BCUT2D eigenvalue weighted by atomic mass is 10.2. The molecule has 3 aromatic rings. The lowest BCUT2D eigenvalue weighted by molar-refractivity contribution is 0.0955. The normalized spacial score (nSPS) is 10.9. The molecule has 8 heteroatoms. The van der Waals surface area contributed by atoms with Crippen molar-refractivity contribution in [3.8, 4) is 0 Å². The van der Waals surface area contributed by atoms with E-state index in [1.807, 2.05) is 6.07 Å². The zero-order valence-corrected chi connectivity index (χ0v) is 14.6.